The van der Waals surface area contributed by atoms with Crippen LogP contribution in [-0.2, 0) is 4.79 Å². The van der Waals surface area contributed by atoms with Gasteiger partial charge in [-0.05, 0) is 42.7 Å². The molecule has 0 bridgehead atoms. The van der Waals surface area contributed by atoms with Gasteiger partial charge in [-0.15, -0.1) is 0 Å². The van der Waals surface area contributed by atoms with Gasteiger partial charge in [-0.25, -0.2) is 4.79 Å². The summed E-state index contributed by atoms with van der Waals surface area (Å²) >= 11 is 0. The maximum atomic E-state index is 12.8. The Hall–Kier alpha value is -3.22. The van der Waals surface area contributed by atoms with Gasteiger partial charge in [0.25, 0.3) is 0 Å². The molecule has 29 heavy (non-hydrogen) atoms. The highest BCUT2D eigenvalue weighted by Crippen LogP contribution is 2.32. The average Bonchev–Trinajstić information content (AvgIpc) is 2.72. The highest BCUT2D eigenvalue weighted by Gasteiger charge is 2.26. The van der Waals surface area contributed by atoms with Crippen molar-refractivity contribution in [3.05, 3.63) is 54.1 Å². The van der Waals surface area contributed by atoms with E-state index in [4.69, 9.17) is 9.47 Å². The third-order valence-electron chi connectivity index (χ3n) is 4.69. The van der Waals surface area contributed by atoms with Gasteiger partial charge in [0.15, 0.2) is 11.5 Å². The first kappa shape index (κ1) is 20.5. The monoisotopic (exact) mass is 397 g/mol. The summed E-state index contributed by atoms with van der Waals surface area (Å²) in [6, 6.07) is 13.4. The van der Waals surface area contributed by atoms with Gasteiger partial charge >= 0.3 is 6.03 Å². The molecule has 0 aliphatic carbocycles. The molecule has 3 N–H and O–H groups in total. The van der Waals surface area contributed by atoms with Gasteiger partial charge in [0.1, 0.15) is 19.3 Å². The Bertz CT molecular complexity index is 854. The average molecular weight is 397 g/mol. The number of carbonyl (C=O) groups is 2. The van der Waals surface area contributed by atoms with Crippen LogP contribution in [0, 0.1) is 5.92 Å². The van der Waals surface area contributed by atoms with Crippen LogP contribution in [-0.4, -0.2) is 31.2 Å². The normalized spacial score (nSPS) is 14.6. The molecule has 154 valence electrons. The summed E-state index contributed by atoms with van der Waals surface area (Å²) < 4.78 is 11.1. The minimum atomic E-state index is -0.668. The molecule has 2 atom stereocenters. The number of benzene rings is 2. The Morgan fingerprint density at radius 3 is 2.28 bits per heavy atom. The summed E-state index contributed by atoms with van der Waals surface area (Å²) in [5.41, 5.74) is 1.57. The summed E-state index contributed by atoms with van der Waals surface area (Å²) in [4.78, 5) is 25.2. The zero-order valence-electron chi connectivity index (χ0n) is 16.9. The van der Waals surface area contributed by atoms with E-state index in [0.29, 0.717) is 30.4 Å². The van der Waals surface area contributed by atoms with Gasteiger partial charge in [-0.2, -0.15) is 0 Å². The summed E-state index contributed by atoms with van der Waals surface area (Å²) in [7, 11) is 0. The molecule has 0 saturated heterocycles. The Kier molecular flexibility index (Phi) is 6.59. The minimum Gasteiger partial charge on any atom is -0.486 e. The van der Waals surface area contributed by atoms with E-state index in [1.54, 1.807) is 12.1 Å². The summed E-state index contributed by atoms with van der Waals surface area (Å²) in [6.07, 6.45) is 0. The molecule has 3 amide bonds. The van der Waals surface area contributed by atoms with Crippen LogP contribution < -0.4 is 25.4 Å². The summed E-state index contributed by atoms with van der Waals surface area (Å²) in [6.45, 7) is 6.72. The van der Waals surface area contributed by atoms with Crippen molar-refractivity contribution in [3.8, 4) is 11.5 Å². The van der Waals surface area contributed by atoms with Gasteiger partial charge in [0, 0.05) is 5.69 Å². The second-order valence-corrected chi connectivity index (χ2v) is 7.32. The van der Waals surface area contributed by atoms with E-state index in [0.717, 1.165) is 5.56 Å². The number of hydrogen-bond acceptors (Lipinski definition) is 4. The molecule has 2 aromatic carbocycles. The Balaban J connectivity index is 1.62. The number of ether oxygens (including phenoxy) is 2. The molecule has 0 spiro atoms. The molecule has 0 fully saturated rings. The first-order valence-electron chi connectivity index (χ1n) is 9.76. The van der Waals surface area contributed by atoms with Crippen molar-refractivity contribution in [2.75, 3.05) is 18.5 Å². The number of amides is 3. The van der Waals surface area contributed by atoms with Crippen molar-refractivity contribution in [1.29, 1.82) is 0 Å². The summed E-state index contributed by atoms with van der Waals surface area (Å²) in [5.74, 6) is 1.06. The Labute approximate surface area is 170 Å². The van der Waals surface area contributed by atoms with Gasteiger partial charge in [0.05, 0.1) is 6.04 Å². The smallest absolute Gasteiger partial charge is 0.319 e. The van der Waals surface area contributed by atoms with Gasteiger partial charge in [-0.1, -0.05) is 38.1 Å². The first-order valence-corrected chi connectivity index (χ1v) is 9.76. The number of carbonyl (C=O) groups excluding carboxylic acids is 2. The van der Waals surface area contributed by atoms with Crippen LogP contribution in [0.25, 0.3) is 0 Å². The van der Waals surface area contributed by atoms with Crippen molar-refractivity contribution in [2.24, 2.45) is 5.92 Å². The van der Waals surface area contributed by atoms with Gasteiger partial charge in [-0.3, -0.25) is 4.79 Å². The quantitative estimate of drug-likeness (QED) is 0.696. The van der Waals surface area contributed by atoms with E-state index in [1.165, 1.54) is 0 Å². The SMILES string of the molecule is CC(C)[C@@H](NC(=O)Nc1ccccc1)C(=O)N[C@@H](C)c1ccc2c(c1)OCCO2. The standard InChI is InChI=1S/C22H27N3O4/c1-14(2)20(25-22(27)24-17-7-5-4-6-8-17)21(26)23-15(3)16-9-10-18-19(13-16)29-12-11-28-18/h4-10,13-15,20H,11-12H2,1-3H3,(H,23,26)(H2,24,25,27)/t15-,20+/m0/s1. The van der Waals surface area contributed by atoms with Gasteiger partial charge < -0.3 is 25.4 Å². The first-order chi connectivity index (χ1) is 13.9. The largest absolute Gasteiger partial charge is 0.486 e. The second-order valence-electron chi connectivity index (χ2n) is 7.32. The minimum absolute atomic E-state index is 0.0796. The number of nitrogens with one attached hydrogen (secondary N) is 3. The lowest BCUT2D eigenvalue weighted by Crippen LogP contribution is -2.51. The number of anilines is 1. The van der Waals surface area contributed by atoms with Crippen molar-refractivity contribution in [1.82, 2.24) is 10.6 Å². The van der Waals surface area contributed by atoms with Crippen molar-refractivity contribution >= 4 is 17.6 Å². The molecular formula is C22H27N3O4. The van der Waals surface area contributed by atoms with E-state index in [9.17, 15) is 9.59 Å². The highest BCUT2D eigenvalue weighted by atomic mass is 16.6. The predicted octanol–water partition coefficient (Wildman–Crippen LogP) is 3.48. The molecule has 0 unspecified atom stereocenters. The van der Waals surface area contributed by atoms with E-state index in [-0.39, 0.29) is 17.9 Å². The van der Waals surface area contributed by atoms with Crippen molar-refractivity contribution in [3.63, 3.8) is 0 Å². The Morgan fingerprint density at radius 1 is 0.897 bits per heavy atom. The molecule has 1 aliphatic rings. The van der Waals surface area contributed by atoms with E-state index < -0.39 is 12.1 Å². The van der Waals surface area contributed by atoms with Crippen LogP contribution >= 0.6 is 0 Å². The third-order valence-corrected chi connectivity index (χ3v) is 4.69. The zero-order chi connectivity index (χ0) is 20.8. The fraction of sp³-hybridized carbons (Fsp3) is 0.364. The third kappa shape index (κ3) is 5.40. The number of rotatable bonds is 6. The number of urea groups is 1. The molecule has 0 saturated carbocycles. The molecular weight excluding hydrogens is 370 g/mol. The fourth-order valence-electron chi connectivity index (χ4n) is 3.08. The van der Waals surface area contributed by atoms with Crippen LogP contribution in [0.15, 0.2) is 48.5 Å². The molecule has 1 heterocycles. The van der Waals surface area contributed by atoms with E-state index in [2.05, 4.69) is 16.0 Å². The molecule has 0 radical (unpaired) electrons. The molecule has 7 heteroatoms. The molecule has 1 aliphatic heterocycles. The van der Waals surface area contributed by atoms with Gasteiger partial charge in [0.2, 0.25) is 5.91 Å². The molecule has 0 aromatic heterocycles. The topological polar surface area (TPSA) is 88.7 Å². The van der Waals surface area contributed by atoms with Crippen molar-refractivity contribution < 1.29 is 19.1 Å². The van der Waals surface area contributed by atoms with Crippen LogP contribution in [0.4, 0.5) is 10.5 Å². The lowest BCUT2D eigenvalue weighted by molar-refractivity contribution is -0.124. The lowest BCUT2D eigenvalue weighted by Gasteiger charge is -2.25. The lowest BCUT2D eigenvalue weighted by atomic mass is 10.0. The maximum Gasteiger partial charge on any atom is 0.319 e. The Morgan fingerprint density at radius 2 is 1.59 bits per heavy atom. The highest BCUT2D eigenvalue weighted by molar-refractivity contribution is 5.93. The fourth-order valence-corrected chi connectivity index (χ4v) is 3.08. The molecule has 2 aromatic rings. The summed E-state index contributed by atoms with van der Waals surface area (Å²) in [5, 5.41) is 8.48. The zero-order valence-corrected chi connectivity index (χ0v) is 16.9. The number of fused-ring (bicyclic) bond motifs is 1. The van der Waals surface area contributed by atoms with Crippen LogP contribution in [0.3, 0.4) is 0 Å². The molecule has 3 rings (SSSR count). The number of hydrogen-bond donors (Lipinski definition) is 3. The van der Waals surface area contributed by atoms with E-state index in [1.807, 2.05) is 57.2 Å². The van der Waals surface area contributed by atoms with E-state index >= 15 is 0 Å². The van der Waals surface area contributed by atoms with Crippen LogP contribution in [0.2, 0.25) is 0 Å². The van der Waals surface area contributed by atoms with Crippen LogP contribution in [0.5, 0.6) is 11.5 Å². The predicted molar refractivity (Wildman–Crippen MR) is 111 cm³/mol. The molecule has 7 nitrogen and oxygen atoms in total. The van der Waals surface area contributed by atoms with Crippen LogP contribution in [0.1, 0.15) is 32.4 Å². The number of para-hydroxylation sites is 1. The maximum absolute atomic E-state index is 12.8. The van der Waals surface area contributed by atoms with Crippen molar-refractivity contribution in [2.45, 2.75) is 32.9 Å². The second kappa shape index (κ2) is 9.32.